The summed E-state index contributed by atoms with van der Waals surface area (Å²) in [6.07, 6.45) is 2.82. The minimum Gasteiger partial charge on any atom is -0.367 e. The molecular formula is C25H27FN6. The Balaban J connectivity index is 1.45. The molecule has 0 amide bonds. The van der Waals surface area contributed by atoms with Crippen molar-refractivity contribution in [3.8, 4) is 11.3 Å². The van der Waals surface area contributed by atoms with Crippen LogP contribution in [0.25, 0.3) is 22.3 Å². The molecule has 0 radical (unpaired) electrons. The lowest BCUT2D eigenvalue weighted by Gasteiger charge is -2.34. The van der Waals surface area contributed by atoms with Crippen LogP contribution < -0.4 is 10.2 Å². The highest BCUT2D eigenvalue weighted by Gasteiger charge is 2.18. The van der Waals surface area contributed by atoms with Crippen LogP contribution in [-0.4, -0.2) is 53.1 Å². The Morgan fingerprint density at radius 1 is 1.03 bits per heavy atom. The van der Waals surface area contributed by atoms with Gasteiger partial charge in [-0.15, -0.1) is 0 Å². The van der Waals surface area contributed by atoms with Crippen LogP contribution in [0.15, 0.2) is 54.7 Å². The number of rotatable bonds is 5. The average Bonchev–Trinajstić information content (AvgIpc) is 3.28. The van der Waals surface area contributed by atoms with Gasteiger partial charge in [0.2, 0.25) is 5.95 Å². The molecule has 0 spiro atoms. The molecule has 4 aromatic rings. The van der Waals surface area contributed by atoms with Gasteiger partial charge in [-0.3, -0.25) is 0 Å². The third kappa shape index (κ3) is 4.03. The molecule has 6 nitrogen and oxygen atoms in total. The smallest absolute Gasteiger partial charge is 0.229 e. The lowest BCUT2D eigenvalue weighted by Crippen LogP contribution is -2.44. The van der Waals surface area contributed by atoms with E-state index in [1.165, 1.54) is 11.6 Å². The maximum absolute atomic E-state index is 14.9. The van der Waals surface area contributed by atoms with E-state index < -0.39 is 0 Å². The summed E-state index contributed by atoms with van der Waals surface area (Å²) in [7, 11) is 2.09. The number of aryl methyl sites for hydroxylation is 1. The van der Waals surface area contributed by atoms with E-state index in [0.29, 0.717) is 17.3 Å². The molecule has 2 aromatic heterocycles. The van der Waals surface area contributed by atoms with Crippen LogP contribution in [0.2, 0.25) is 0 Å². The molecule has 32 heavy (non-hydrogen) atoms. The van der Waals surface area contributed by atoms with Gasteiger partial charge < -0.3 is 20.1 Å². The van der Waals surface area contributed by atoms with E-state index in [4.69, 9.17) is 4.98 Å². The summed E-state index contributed by atoms with van der Waals surface area (Å²) in [5.74, 6) is 0.194. The maximum atomic E-state index is 14.9. The molecule has 7 heteroatoms. The van der Waals surface area contributed by atoms with E-state index in [1.54, 1.807) is 0 Å². The van der Waals surface area contributed by atoms with Crippen LogP contribution in [0.4, 0.5) is 21.7 Å². The summed E-state index contributed by atoms with van der Waals surface area (Å²) < 4.78 is 14.9. The van der Waals surface area contributed by atoms with Crippen molar-refractivity contribution in [2.45, 2.75) is 13.3 Å². The highest BCUT2D eigenvalue weighted by molar-refractivity contribution is 5.92. The van der Waals surface area contributed by atoms with Crippen LogP contribution in [0, 0.1) is 5.82 Å². The van der Waals surface area contributed by atoms with Crippen molar-refractivity contribution >= 4 is 28.4 Å². The van der Waals surface area contributed by atoms with Gasteiger partial charge in [-0.1, -0.05) is 25.1 Å². The standard InChI is InChI=1S/C25H27FN6/c1-3-17-5-4-6-18(15-17)23-20-9-10-27-24(20)30-25(29-23)28-19-7-8-22(21(26)16-19)32-13-11-31(2)12-14-32/h4-10,15-16H,3,11-14H2,1-2H3,(H2,27,28,29,30). The zero-order chi connectivity index (χ0) is 22.1. The molecule has 5 rings (SSSR count). The lowest BCUT2D eigenvalue weighted by atomic mass is 10.0. The third-order valence-corrected chi connectivity index (χ3v) is 6.07. The Labute approximate surface area is 187 Å². The van der Waals surface area contributed by atoms with E-state index in [-0.39, 0.29) is 5.82 Å². The molecule has 3 heterocycles. The second-order valence-corrected chi connectivity index (χ2v) is 8.27. The van der Waals surface area contributed by atoms with Crippen molar-refractivity contribution in [2.75, 3.05) is 43.4 Å². The number of benzene rings is 2. The average molecular weight is 431 g/mol. The molecule has 0 saturated carbocycles. The van der Waals surface area contributed by atoms with Crippen molar-refractivity contribution in [2.24, 2.45) is 0 Å². The molecule has 164 valence electrons. The number of nitrogens with zero attached hydrogens (tertiary/aromatic N) is 4. The summed E-state index contributed by atoms with van der Waals surface area (Å²) in [6.45, 7) is 5.66. The molecule has 2 aromatic carbocycles. The highest BCUT2D eigenvalue weighted by Crippen LogP contribution is 2.30. The molecule has 1 aliphatic heterocycles. The van der Waals surface area contributed by atoms with Gasteiger partial charge in [-0.2, -0.15) is 4.98 Å². The van der Waals surface area contributed by atoms with E-state index in [9.17, 15) is 4.39 Å². The first-order valence-corrected chi connectivity index (χ1v) is 11.0. The largest absolute Gasteiger partial charge is 0.367 e. The Morgan fingerprint density at radius 2 is 1.88 bits per heavy atom. The zero-order valence-corrected chi connectivity index (χ0v) is 18.4. The number of likely N-dealkylation sites (N-methyl/N-ethyl adjacent to an activating group) is 1. The molecule has 1 saturated heterocycles. The van der Waals surface area contributed by atoms with E-state index in [0.717, 1.165) is 54.9 Å². The van der Waals surface area contributed by atoms with Gasteiger partial charge in [-0.25, -0.2) is 9.37 Å². The van der Waals surface area contributed by atoms with Crippen LogP contribution in [-0.2, 0) is 6.42 Å². The molecule has 1 aliphatic rings. The lowest BCUT2D eigenvalue weighted by molar-refractivity contribution is 0.311. The first kappa shape index (κ1) is 20.5. The second-order valence-electron chi connectivity index (χ2n) is 8.27. The summed E-state index contributed by atoms with van der Waals surface area (Å²) in [5, 5.41) is 4.15. The van der Waals surface area contributed by atoms with E-state index >= 15 is 0 Å². The summed E-state index contributed by atoms with van der Waals surface area (Å²) in [5.41, 5.74) is 5.15. The quantitative estimate of drug-likeness (QED) is 0.475. The number of anilines is 3. The number of aromatic nitrogens is 3. The van der Waals surface area contributed by atoms with E-state index in [1.807, 2.05) is 30.5 Å². The van der Waals surface area contributed by atoms with Gasteiger partial charge in [0.1, 0.15) is 11.5 Å². The Morgan fingerprint density at radius 3 is 2.66 bits per heavy atom. The number of nitrogens with one attached hydrogen (secondary N) is 2. The molecule has 0 unspecified atom stereocenters. The van der Waals surface area contributed by atoms with Gasteiger partial charge in [0.15, 0.2) is 0 Å². The number of piperazine rings is 1. The van der Waals surface area contributed by atoms with Crippen molar-refractivity contribution in [3.63, 3.8) is 0 Å². The summed E-state index contributed by atoms with van der Waals surface area (Å²) in [4.78, 5) is 16.9. The number of hydrogen-bond donors (Lipinski definition) is 2. The first-order valence-electron chi connectivity index (χ1n) is 11.0. The third-order valence-electron chi connectivity index (χ3n) is 6.07. The summed E-state index contributed by atoms with van der Waals surface area (Å²) in [6, 6.07) is 15.6. The predicted octanol–water partition coefficient (Wildman–Crippen LogP) is 4.82. The van der Waals surface area contributed by atoms with Crippen LogP contribution in [0.1, 0.15) is 12.5 Å². The first-order chi connectivity index (χ1) is 15.6. The van der Waals surface area contributed by atoms with Gasteiger partial charge in [0.05, 0.1) is 11.4 Å². The van der Waals surface area contributed by atoms with Gasteiger partial charge in [-0.05, 0) is 49.4 Å². The van der Waals surface area contributed by atoms with Crippen LogP contribution in [0.3, 0.4) is 0 Å². The monoisotopic (exact) mass is 430 g/mol. The second kappa shape index (κ2) is 8.59. The summed E-state index contributed by atoms with van der Waals surface area (Å²) >= 11 is 0. The van der Waals surface area contributed by atoms with Crippen molar-refractivity contribution in [1.82, 2.24) is 19.9 Å². The Hall–Kier alpha value is -3.45. The molecule has 0 bridgehead atoms. The molecule has 0 aliphatic carbocycles. The van der Waals surface area contributed by atoms with E-state index in [2.05, 4.69) is 57.3 Å². The zero-order valence-electron chi connectivity index (χ0n) is 18.4. The Bertz CT molecular complexity index is 1240. The number of fused-ring (bicyclic) bond motifs is 1. The van der Waals surface area contributed by atoms with Crippen molar-refractivity contribution in [1.29, 1.82) is 0 Å². The fourth-order valence-corrected chi connectivity index (χ4v) is 4.17. The van der Waals surface area contributed by atoms with Crippen LogP contribution >= 0.6 is 0 Å². The SMILES string of the molecule is CCc1cccc(-c2nc(Nc3ccc(N4CCN(C)CC4)c(F)c3)nc3[nH]ccc23)c1. The molecular weight excluding hydrogens is 403 g/mol. The maximum Gasteiger partial charge on any atom is 0.229 e. The molecule has 0 atom stereocenters. The number of halogens is 1. The molecule has 1 fully saturated rings. The highest BCUT2D eigenvalue weighted by atomic mass is 19.1. The topological polar surface area (TPSA) is 60.1 Å². The minimum absolute atomic E-state index is 0.239. The number of H-pyrrole nitrogens is 1. The van der Waals surface area contributed by atoms with Crippen molar-refractivity contribution < 1.29 is 4.39 Å². The fraction of sp³-hybridized carbons (Fsp3) is 0.280. The number of hydrogen-bond acceptors (Lipinski definition) is 5. The minimum atomic E-state index is -0.239. The number of aromatic amines is 1. The fourth-order valence-electron chi connectivity index (χ4n) is 4.17. The normalized spacial score (nSPS) is 14.8. The Kier molecular flexibility index (Phi) is 5.49. The van der Waals surface area contributed by atoms with Gasteiger partial charge in [0, 0.05) is 49.0 Å². The van der Waals surface area contributed by atoms with Crippen LogP contribution in [0.5, 0.6) is 0 Å². The molecule has 2 N–H and O–H groups in total. The van der Waals surface area contributed by atoms with Gasteiger partial charge in [0.25, 0.3) is 0 Å². The van der Waals surface area contributed by atoms with Crippen molar-refractivity contribution in [3.05, 3.63) is 66.1 Å². The van der Waals surface area contributed by atoms with Gasteiger partial charge >= 0.3 is 0 Å². The predicted molar refractivity (Wildman–Crippen MR) is 128 cm³/mol.